The predicted molar refractivity (Wildman–Crippen MR) is 50.9 cm³/mol. The van der Waals surface area contributed by atoms with Crippen LogP contribution in [0.5, 0.6) is 0 Å². The van der Waals surface area contributed by atoms with Crippen LogP contribution in [0, 0.1) is 6.92 Å². The molecule has 0 radical (unpaired) electrons. The van der Waals surface area contributed by atoms with Gasteiger partial charge in [-0.05, 0) is 13.3 Å². The number of nitrogen functional groups attached to an aromatic ring is 1. The molecule has 0 atom stereocenters. The molecule has 0 unspecified atom stereocenters. The molecule has 0 aliphatic heterocycles. The number of unbranched alkanes of at least 4 members (excludes halogenated alkanes) is 2. The number of nitrogens with two attached hydrogens (primary N) is 1. The normalized spacial score (nSPS) is 10.5. The van der Waals surface area contributed by atoms with Crippen molar-refractivity contribution < 1.29 is 0 Å². The number of hydrogen-bond donors (Lipinski definition) is 1. The topological polar surface area (TPSA) is 43.8 Å². The maximum Gasteiger partial charge on any atom is 0.121 e. The smallest absolute Gasteiger partial charge is 0.121 e. The highest BCUT2D eigenvalue weighted by Crippen LogP contribution is 2.07. The molecule has 0 aromatic carbocycles. The molecule has 0 aliphatic rings. The van der Waals surface area contributed by atoms with Crippen molar-refractivity contribution in [3.05, 3.63) is 11.8 Å². The van der Waals surface area contributed by atoms with Gasteiger partial charge in [-0.3, -0.25) is 0 Å². The highest BCUT2D eigenvalue weighted by Gasteiger charge is 1.99. The Morgan fingerprint density at radius 2 is 2.25 bits per heavy atom. The number of anilines is 1. The highest BCUT2D eigenvalue weighted by atomic mass is 15.3. The lowest BCUT2D eigenvalue weighted by molar-refractivity contribution is 0.556. The van der Waals surface area contributed by atoms with E-state index < -0.39 is 0 Å². The lowest BCUT2D eigenvalue weighted by atomic mass is 10.2. The number of hydrogen-bond acceptors (Lipinski definition) is 2. The SMILES string of the molecule is CCCCCn1nc(C)cc1N. The molecule has 1 aromatic rings. The predicted octanol–water partition coefficient (Wildman–Crippen LogP) is 1.96. The van der Waals surface area contributed by atoms with Gasteiger partial charge >= 0.3 is 0 Å². The van der Waals surface area contributed by atoms with Crippen molar-refractivity contribution in [1.82, 2.24) is 9.78 Å². The zero-order valence-electron chi connectivity index (χ0n) is 7.88. The monoisotopic (exact) mass is 167 g/mol. The standard InChI is InChI=1S/C9H17N3/c1-3-4-5-6-12-9(10)7-8(2)11-12/h7H,3-6,10H2,1-2H3. The first-order chi connectivity index (χ1) is 5.74. The summed E-state index contributed by atoms with van der Waals surface area (Å²) in [6.45, 7) is 5.11. The molecule has 0 fully saturated rings. The van der Waals surface area contributed by atoms with E-state index in [1.807, 2.05) is 17.7 Å². The first-order valence-corrected chi connectivity index (χ1v) is 4.54. The van der Waals surface area contributed by atoms with Crippen LogP contribution in [0.15, 0.2) is 6.07 Å². The molecule has 1 heterocycles. The van der Waals surface area contributed by atoms with E-state index in [1.165, 1.54) is 19.3 Å². The molecule has 68 valence electrons. The maximum atomic E-state index is 5.72. The minimum Gasteiger partial charge on any atom is -0.384 e. The molecular formula is C9H17N3. The first-order valence-electron chi connectivity index (χ1n) is 4.54. The summed E-state index contributed by atoms with van der Waals surface area (Å²) in [5.74, 6) is 0.781. The van der Waals surface area contributed by atoms with Gasteiger partial charge in [0.25, 0.3) is 0 Å². The molecule has 0 spiro atoms. The van der Waals surface area contributed by atoms with Crippen LogP contribution in [0.3, 0.4) is 0 Å². The lowest BCUT2D eigenvalue weighted by Crippen LogP contribution is -2.04. The zero-order valence-corrected chi connectivity index (χ0v) is 7.88. The summed E-state index contributed by atoms with van der Waals surface area (Å²) in [5, 5.41) is 4.27. The average molecular weight is 167 g/mol. The van der Waals surface area contributed by atoms with Crippen molar-refractivity contribution in [2.75, 3.05) is 5.73 Å². The van der Waals surface area contributed by atoms with Crippen LogP contribution in [0.25, 0.3) is 0 Å². The Labute approximate surface area is 73.6 Å². The summed E-state index contributed by atoms with van der Waals surface area (Å²) >= 11 is 0. The van der Waals surface area contributed by atoms with E-state index in [0.29, 0.717) is 0 Å². The van der Waals surface area contributed by atoms with Crippen LogP contribution in [-0.4, -0.2) is 9.78 Å². The minimum atomic E-state index is 0.781. The van der Waals surface area contributed by atoms with Gasteiger partial charge in [0.1, 0.15) is 5.82 Å². The molecule has 3 nitrogen and oxygen atoms in total. The van der Waals surface area contributed by atoms with Gasteiger partial charge in [-0.1, -0.05) is 19.8 Å². The second-order valence-electron chi connectivity index (χ2n) is 3.14. The van der Waals surface area contributed by atoms with Crippen molar-refractivity contribution in [1.29, 1.82) is 0 Å². The molecule has 1 aromatic heterocycles. The van der Waals surface area contributed by atoms with E-state index in [4.69, 9.17) is 5.73 Å². The zero-order chi connectivity index (χ0) is 8.97. The van der Waals surface area contributed by atoms with Gasteiger partial charge in [-0.25, -0.2) is 4.68 Å². The summed E-state index contributed by atoms with van der Waals surface area (Å²) in [7, 11) is 0. The molecule has 0 saturated heterocycles. The fraction of sp³-hybridized carbons (Fsp3) is 0.667. The molecule has 0 amide bonds. The van der Waals surface area contributed by atoms with E-state index in [1.54, 1.807) is 0 Å². The first kappa shape index (κ1) is 9.10. The Hall–Kier alpha value is -0.990. The number of aryl methyl sites for hydroxylation is 2. The number of rotatable bonds is 4. The van der Waals surface area contributed by atoms with Crippen LogP contribution < -0.4 is 5.73 Å². The second kappa shape index (κ2) is 4.14. The van der Waals surface area contributed by atoms with Gasteiger partial charge in [0, 0.05) is 12.6 Å². The van der Waals surface area contributed by atoms with Crippen molar-refractivity contribution in [2.24, 2.45) is 0 Å². The Balaban J connectivity index is 2.45. The van der Waals surface area contributed by atoms with E-state index >= 15 is 0 Å². The van der Waals surface area contributed by atoms with Crippen LogP contribution in [0.2, 0.25) is 0 Å². The number of nitrogens with zero attached hydrogens (tertiary/aromatic N) is 2. The summed E-state index contributed by atoms with van der Waals surface area (Å²) in [6.07, 6.45) is 3.65. The Morgan fingerprint density at radius 1 is 1.50 bits per heavy atom. The maximum absolute atomic E-state index is 5.72. The average Bonchev–Trinajstić information content (AvgIpc) is 2.31. The van der Waals surface area contributed by atoms with Crippen LogP contribution in [0.1, 0.15) is 31.9 Å². The molecule has 0 aliphatic carbocycles. The Bertz CT molecular complexity index is 240. The quantitative estimate of drug-likeness (QED) is 0.697. The third-order valence-electron chi connectivity index (χ3n) is 1.91. The molecule has 12 heavy (non-hydrogen) atoms. The molecule has 2 N–H and O–H groups in total. The Kier molecular flexibility index (Phi) is 3.14. The second-order valence-corrected chi connectivity index (χ2v) is 3.14. The van der Waals surface area contributed by atoms with Gasteiger partial charge in [0.05, 0.1) is 5.69 Å². The summed E-state index contributed by atoms with van der Waals surface area (Å²) < 4.78 is 1.88. The third-order valence-corrected chi connectivity index (χ3v) is 1.91. The van der Waals surface area contributed by atoms with Crippen molar-refractivity contribution in [2.45, 2.75) is 39.7 Å². The molecule has 1 rings (SSSR count). The molecule has 0 saturated carbocycles. The summed E-state index contributed by atoms with van der Waals surface area (Å²) in [6, 6.07) is 1.91. The fourth-order valence-electron chi connectivity index (χ4n) is 1.26. The van der Waals surface area contributed by atoms with E-state index in [-0.39, 0.29) is 0 Å². The molecule has 0 bridgehead atoms. The minimum absolute atomic E-state index is 0.781. The summed E-state index contributed by atoms with van der Waals surface area (Å²) in [4.78, 5) is 0. The third kappa shape index (κ3) is 2.26. The molecular weight excluding hydrogens is 150 g/mol. The van der Waals surface area contributed by atoms with Gasteiger partial charge in [0.15, 0.2) is 0 Å². The van der Waals surface area contributed by atoms with Crippen LogP contribution in [0.4, 0.5) is 5.82 Å². The Morgan fingerprint density at radius 3 is 2.75 bits per heavy atom. The largest absolute Gasteiger partial charge is 0.384 e. The summed E-state index contributed by atoms with van der Waals surface area (Å²) in [5.41, 5.74) is 6.73. The molecule has 3 heteroatoms. The van der Waals surface area contributed by atoms with Gasteiger partial charge in [-0.2, -0.15) is 5.10 Å². The van der Waals surface area contributed by atoms with Crippen molar-refractivity contribution in [3.8, 4) is 0 Å². The fourth-order valence-corrected chi connectivity index (χ4v) is 1.26. The van der Waals surface area contributed by atoms with Gasteiger partial charge in [-0.15, -0.1) is 0 Å². The van der Waals surface area contributed by atoms with Gasteiger partial charge in [0.2, 0.25) is 0 Å². The van der Waals surface area contributed by atoms with Crippen LogP contribution in [-0.2, 0) is 6.54 Å². The van der Waals surface area contributed by atoms with Crippen molar-refractivity contribution >= 4 is 5.82 Å². The van der Waals surface area contributed by atoms with E-state index in [0.717, 1.165) is 18.1 Å². The highest BCUT2D eigenvalue weighted by molar-refractivity contribution is 5.29. The lowest BCUT2D eigenvalue weighted by Gasteiger charge is -2.01. The van der Waals surface area contributed by atoms with Crippen LogP contribution >= 0.6 is 0 Å². The van der Waals surface area contributed by atoms with E-state index in [9.17, 15) is 0 Å². The van der Waals surface area contributed by atoms with Crippen molar-refractivity contribution in [3.63, 3.8) is 0 Å². The number of aromatic nitrogens is 2. The van der Waals surface area contributed by atoms with E-state index in [2.05, 4.69) is 12.0 Å². The van der Waals surface area contributed by atoms with Gasteiger partial charge < -0.3 is 5.73 Å².